The van der Waals surface area contributed by atoms with Crippen LogP contribution in [0.4, 0.5) is 15.4 Å². The summed E-state index contributed by atoms with van der Waals surface area (Å²) in [5.74, 6) is 0.750. The lowest BCUT2D eigenvalue weighted by Gasteiger charge is -2.41. The van der Waals surface area contributed by atoms with Gasteiger partial charge in [0.1, 0.15) is 18.8 Å². The van der Waals surface area contributed by atoms with E-state index in [0.717, 1.165) is 16.9 Å². The van der Waals surface area contributed by atoms with Gasteiger partial charge < -0.3 is 24.5 Å². The van der Waals surface area contributed by atoms with Crippen molar-refractivity contribution in [1.29, 1.82) is 5.26 Å². The van der Waals surface area contributed by atoms with E-state index in [1.807, 2.05) is 30.3 Å². The zero-order valence-corrected chi connectivity index (χ0v) is 17.6. The smallest absolute Gasteiger partial charge is 0.410 e. The number of amides is 2. The summed E-state index contributed by atoms with van der Waals surface area (Å²) in [7, 11) is 0. The Balaban J connectivity index is 1.46. The molecule has 2 aliphatic rings. The zero-order valence-electron chi connectivity index (χ0n) is 17.6. The predicted molar refractivity (Wildman–Crippen MR) is 114 cm³/mol. The van der Waals surface area contributed by atoms with E-state index in [1.165, 1.54) is 11.2 Å². The van der Waals surface area contributed by atoms with Gasteiger partial charge in [0.25, 0.3) is 0 Å². The summed E-state index contributed by atoms with van der Waals surface area (Å²) >= 11 is 0. The van der Waals surface area contributed by atoms with Crippen molar-refractivity contribution in [3.8, 4) is 6.07 Å². The molecule has 10 nitrogen and oxygen atoms in total. The van der Waals surface area contributed by atoms with Crippen LogP contribution >= 0.6 is 0 Å². The van der Waals surface area contributed by atoms with Gasteiger partial charge in [0.2, 0.25) is 0 Å². The van der Waals surface area contributed by atoms with Crippen molar-refractivity contribution in [3.63, 3.8) is 0 Å². The number of rotatable bonds is 4. The highest BCUT2D eigenvalue weighted by atomic mass is 16.6. The summed E-state index contributed by atoms with van der Waals surface area (Å²) in [6, 6.07) is 11.3. The molecular weight excluding hydrogens is 412 g/mol. The highest BCUT2D eigenvalue weighted by Gasteiger charge is 2.34. The lowest BCUT2D eigenvalue weighted by Crippen LogP contribution is -2.55. The number of nitriles is 1. The van der Waals surface area contributed by atoms with Gasteiger partial charge in [0, 0.05) is 31.7 Å². The van der Waals surface area contributed by atoms with E-state index in [2.05, 4.69) is 20.9 Å². The van der Waals surface area contributed by atoms with Crippen molar-refractivity contribution in [1.82, 2.24) is 19.8 Å². The fourth-order valence-corrected chi connectivity index (χ4v) is 4.14. The molecule has 4 rings (SSSR count). The highest BCUT2D eigenvalue weighted by molar-refractivity contribution is 5.69. The van der Waals surface area contributed by atoms with Gasteiger partial charge >= 0.3 is 12.2 Å². The zero-order chi connectivity index (χ0) is 22.5. The molecule has 0 radical (unpaired) electrons. The molecule has 1 N–H and O–H groups in total. The Bertz CT molecular complexity index is 1020. The number of carbonyl (C=O) groups excluding carboxylic acids is 1. The molecule has 2 amide bonds. The van der Waals surface area contributed by atoms with Crippen LogP contribution in [0.1, 0.15) is 23.2 Å². The molecule has 1 atom stereocenters. The van der Waals surface area contributed by atoms with Crippen molar-refractivity contribution in [2.45, 2.75) is 32.0 Å². The maximum Gasteiger partial charge on any atom is 0.410 e. The molecule has 0 bridgehead atoms. The van der Waals surface area contributed by atoms with Crippen LogP contribution in [0.3, 0.4) is 0 Å². The first-order chi connectivity index (χ1) is 15.6. The number of anilines is 1. The van der Waals surface area contributed by atoms with Gasteiger partial charge in [-0.3, -0.25) is 0 Å². The van der Waals surface area contributed by atoms with E-state index in [-0.39, 0.29) is 25.6 Å². The molecule has 2 aliphatic heterocycles. The van der Waals surface area contributed by atoms with Crippen LogP contribution in [0.2, 0.25) is 0 Å². The normalized spacial score (nSPS) is 18.0. The van der Waals surface area contributed by atoms with Gasteiger partial charge in [-0.1, -0.05) is 30.3 Å². The summed E-state index contributed by atoms with van der Waals surface area (Å²) in [4.78, 5) is 37.8. The van der Waals surface area contributed by atoms with E-state index in [1.54, 1.807) is 4.90 Å². The molecular formula is C22H24N6O4. The van der Waals surface area contributed by atoms with Crippen LogP contribution < -0.4 is 4.90 Å². The second-order valence-electron chi connectivity index (χ2n) is 7.77. The third kappa shape index (κ3) is 4.56. The Kier molecular flexibility index (Phi) is 6.35. The molecule has 10 heteroatoms. The van der Waals surface area contributed by atoms with Crippen LogP contribution in [-0.2, 0) is 24.3 Å². The largest absolute Gasteiger partial charge is 0.465 e. The molecule has 1 saturated heterocycles. The molecule has 1 unspecified atom stereocenters. The first kappa shape index (κ1) is 21.4. The Morgan fingerprint density at radius 2 is 2.00 bits per heavy atom. The predicted octanol–water partition coefficient (Wildman–Crippen LogP) is 2.25. The number of aromatic nitrogens is 2. The molecule has 0 aliphatic carbocycles. The second kappa shape index (κ2) is 9.51. The van der Waals surface area contributed by atoms with E-state index < -0.39 is 12.2 Å². The molecule has 0 saturated carbocycles. The van der Waals surface area contributed by atoms with Crippen molar-refractivity contribution < 1.29 is 19.4 Å². The molecule has 1 aromatic heterocycles. The number of carbonyl (C=O) groups is 2. The first-order valence-electron chi connectivity index (χ1n) is 10.5. The van der Waals surface area contributed by atoms with Crippen molar-refractivity contribution >= 4 is 18.0 Å². The van der Waals surface area contributed by atoms with E-state index in [9.17, 15) is 20.0 Å². The number of hydrogen-bond acceptors (Lipinski definition) is 7. The summed E-state index contributed by atoms with van der Waals surface area (Å²) in [5, 5.41) is 18.6. The minimum atomic E-state index is -0.965. The van der Waals surface area contributed by atoms with Crippen LogP contribution in [-0.4, -0.2) is 69.3 Å². The monoisotopic (exact) mass is 436 g/mol. The third-order valence-electron chi connectivity index (χ3n) is 5.80. The van der Waals surface area contributed by atoms with Crippen molar-refractivity contribution in [2.75, 3.05) is 31.1 Å². The van der Waals surface area contributed by atoms with E-state index >= 15 is 0 Å². The van der Waals surface area contributed by atoms with Gasteiger partial charge in [0.15, 0.2) is 0 Å². The van der Waals surface area contributed by atoms with Crippen molar-refractivity contribution in [3.05, 3.63) is 53.5 Å². The fourth-order valence-electron chi connectivity index (χ4n) is 4.14. The standard InChI is InChI=1S/C22H24N6O4/c23-8-6-17-12-26(10-11-28(17)22(31)32-14-16-4-2-1-3-5-16)20-18-7-9-27(21(29)30)13-19(18)24-15-25-20/h1-5,15,17H,6-7,9-14H2,(H,29,30). The SMILES string of the molecule is N#CCC1CN(c2ncnc3c2CCN(C(=O)O)C3)CCN1C(=O)OCc1ccccc1. The minimum absolute atomic E-state index is 0.178. The molecule has 3 heterocycles. The molecule has 1 aromatic carbocycles. The quantitative estimate of drug-likeness (QED) is 0.774. The summed E-state index contributed by atoms with van der Waals surface area (Å²) in [6.07, 6.45) is 0.749. The Morgan fingerprint density at radius 3 is 2.75 bits per heavy atom. The maximum atomic E-state index is 12.7. The van der Waals surface area contributed by atoms with E-state index in [0.29, 0.717) is 38.3 Å². The summed E-state index contributed by atoms with van der Waals surface area (Å²) < 4.78 is 5.48. The third-order valence-corrected chi connectivity index (χ3v) is 5.80. The topological polar surface area (TPSA) is 123 Å². The number of fused-ring (bicyclic) bond motifs is 1. The van der Waals surface area contributed by atoms with Gasteiger partial charge in [-0.2, -0.15) is 5.26 Å². The Labute approximate surface area is 185 Å². The van der Waals surface area contributed by atoms with Gasteiger partial charge in [0.05, 0.1) is 30.8 Å². The Hall–Kier alpha value is -3.87. The van der Waals surface area contributed by atoms with E-state index in [4.69, 9.17) is 4.74 Å². The van der Waals surface area contributed by atoms with Crippen LogP contribution in [0.15, 0.2) is 36.7 Å². The number of carboxylic acid groups (broad SMARTS) is 1. The van der Waals surface area contributed by atoms with Gasteiger partial charge in [-0.15, -0.1) is 0 Å². The lowest BCUT2D eigenvalue weighted by atomic mass is 10.0. The van der Waals surface area contributed by atoms with Crippen LogP contribution in [0.5, 0.6) is 0 Å². The van der Waals surface area contributed by atoms with Gasteiger partial charge in [-0.05, 0) is 12.0 Å². The lowest BCUT2D eigenvalue weighted by molar-refractivity contribution is 0.0768. The molecule has 166 valence electrons. The summed E-state index contributed by atoms with van der Waals surface area (Å²) in [6.45, 7) is 2.18. The fraction of sp³-hybridized carbons (Fsp3) is 0.409. The highest BCUT2D eigenvalue weighted by Crippen LogP contribution is 2.28. The minimum Gasteiger partial charge on any atom is -0.465 e. The number of hydrogen-bond donors (Lipinski definition) is 1. The molecule has 2 aromatic rings. The average molecular weight is 436 g/mol. The first-order valence-corrected chi connectivity index (χ1v) is 10.5. The molecule has 1 fully saturated rings. The van der Waals surface area contributed by atoms with Gasteiger partial charge in [-0.25, -0.2) is 19.6 Å². The molecule has 32 heavy (non-hydrogen) atoms. The number of nitrogens with zero attached hydrogens (tertiary/aromatic N) is 6. The second-order valence-corrected chi connectivity index (χ2v) is 7.77. The Morgan fingerprint density at radius 1 is 1.19 bits per heavy atom. The maximum absolute atomic E-state index is 12.7. The van der Waals surface area contributed by atoms with Crippen LogP contribution in [0, 0.1) is 11.3 Å². The number of piperazine rings is 1. The van der Waals surface area contributed by atoms with Crippen molar-refractivity contribution in [2.24, 2.45) is 0 Å². The van der Waals surface area contributed by atoms with Crippen LogP contribution in [0.25, 0.3) is 0 Å². The molecule has 0 spiro atoms. The number of benzene rings is 1. The average Bonchev–Trinajstić information content (AvgIpc) is 2.82. The summed E-state index contributed by atoms with van der Waals surface area (Å²) in [5.41, 5.74) is 2.53. The number of ether oxygens (including phenoxy) is 1.